The second-order valence-corrected chi connectivity index (χ2v) is 6.19. The average molecular weight is 381 g/mol. The summed E-state index contributed by atoms with van der Waals surface area (Å²) in [6, 6.07) is 15.8. The van der Waals surface area contributed by atoms with E-state index in [0.717, 1.165) is 17.8 Å². The van der Waals surface area contributed by atoms with Crippen LogP contribution in [0.4, 0.5) is 24.7 Å². The number of hydrogen-bond donors (Lipinski definition) is 2. The molecule has 0 aliphatic rings. The van der Waals surface area contributed by atoms with Crippen LogP contribution in [0.2, 0.25) is 0 Å². The predicted octanol–water partition coefficient (Wildman–Crippen LogP) is 5.35. The Hall–Kier alpha value is -3.61. The molecule has 0 fully saturated rings. The SMILES string of the molecule is O=c1[nH]ccc2c(-c3cccc(C(F)(F)F)c3)cnc(Nc3ccccc3)c12. The molecular weight excluding hydrogens is 367 g/mol. The van der Waals surface area contributed by atoms with Gasteiger partial charge in [0, 0.05) is 29.0 Å². The van der Waals surface area contributed by atoms with Gasteiger partial charge in [0.2, 0.25) is 0 Å². The number of para-hydroxylation sites is 1. The molecule has 2 N–H and O–H groups in total. The zero-order chi connectivity index (χ0) is 19.7. The topological polar surface area (TPSA) is 57.8 Å². The van der Waals surface area contributed by atoms with Gasteiger partial charge >= 0.3 is 6.18 Å². The summed E-state index contributed by atoms with van der Waals surface area (Å²) in [6.45, 7) is 0. The Bertz CT molecular complexity index is 1200. The fourth-order valence-electron chi connectivity index (χ4n) is 3.05. The number of rotatable bonds is 3. The summed E-state index contributed by atoms with van der Waals surface area (Å²) in [5.74, 6) is 0.332. The number of aromatic nitrogens is 2. The molecule has 4 nitrogen and oxygen atoms in total. The van der Waals surface area contributed by atoms with E-state index >= 15 is 0 Å². The third-order valence-corrected chi connectivity index (χ3v) is 4.35. The largest absolute Gasteiger partial charge is 0.416 e. The third-order valence-electron chi connectivity index (χ3n) is 4.35. The van der Waals surface area contributed by atoms with Gasteiger partial charge in [0.25, 0.3) is 5.56 Å². The lowest BCUT2D eigenvalue weighted by atomic mass is 9.99. The summed E-state index contributed by atoms with van der Waals surface area (Å²) >= 11 is 0. The zero-order valence-corrected chi connectivity index (χ0v) is 14.4. The van der Waals surface area contributed by atoms with Gasteiger partial charge in [0.1, 0.15) is 5.82 Å². The first kappa shape index (κ1) is 17.8. The number of fused-ring (bicyclic) bond motifs is 1. The average Bonchev–Trinajstić information content (AvgIpc) is 2.68. The predicted molar refractivity (Wildman–Crippen MR) is 103 cm³/mol. The second kappa shape index (κ2) is 6.84. The van der Waals surface area contributed by atoms with Gasteiger partial charge in [-0.05, 0) is 35.9 Å². The number of benzene rings is 2. The van der Waals surface area contributed by atoms with Crippen LogP contribution in [0, 0.1) is 0 Å². The Morgan fingerprint density at radius 2 is 1.75 bits per heavy atom. The fourth-order valence-corrected chi connectivity index (χ4v) is 3.05. The molecule has 0 saturated carbocycles. The van der Waals surface area contributed by atoms with Crippen molar-refractivity contribution >= 4 is 22.3 Å². The maximum Gasteiger partial charge on any atom is 0.416 e. The molecule has 0 atom stereocenters. The molecule has 0 radical (unpaired) electrons. The Morgan fingerprint density at radius 1 is 0.964 bits per heavy atom. The number of halogens is 3. The van der Waals surface area contributed by atoms with E-state index in [-0.39, 0.29) is 10.9 Å². The Morgan fingerprint density at radius 3 is 2.50 bits per heavy atom. The first-order valence-corrected chi connectivity index (χ1v) is 8.43. The number of aromatic amines is 1. The van der Waals surface area contributed by atoms with Crippen LogP contribution < -0.4 is 10.9 Å². The molecule has 0 spiro atoms. The van der Waals surface area contributed by atoms with E-state index in [2.05, 4.69) is 15.3 Å². The van der Waals surface area contributed by atoms with Gasteiger partial charge in [0.15, 0.2) is 0 Å². The van der Waals surface area contributed by atoms with Crippen molar-refractivity contribution in [2.75, 3.05) is 5.32 Å². The third kappa shape index (κ3) is 3.34. The van der Waals surface area contributed by atoms with Gasteiger partial charge in [0.05, 0.1) is 10.9 Å². The van der Waals surface area contributed by atoms with Crippen LogP contribution in [-0.4, -0.2) is 9.97 Å². The fraction of sp³-hybridized carbons (Fsp3) is 0.0476. The lowest BCUT2D eigenvalue weighted by Crippen LogP contribution is -2.09. The quantitative estimate of drug-likeness (QED) is 0.503. The highest BCUT2D eigenvalue weighted by Crippen LogP contribution is 2.35. The number of hydrogen-bond acceptors (Lipinski definition) is 3. The highest BCUT2D eigenvalue weighted by atomic mass is 19.4. The highest BCUT2D eigenvalue weighted by molar-refractivity contribution is 6.01. The van der Waals surface area contributed by atoms with Crippen molar-refractivity contribution in [3.8, 4) is 11.1 Å². The number of H-pyrrole nitrogens is 1. The molecule has 28 heavy (non-hydrogen) atoms. The minimum absolute atomic E-state index is 0.279. The molecule has 2 heterocycles. The minimum Gasteiger partial charge on any atom is -0.340 e. The Labute approximate surface area is 157 Å². The Kier molecular flexibility index (Phi) is 4.35. The number of pyridine rings is 2. The van der Waals surface area contributed by atoms with E-state index in [1.807, 2.05) is 30.3 Å². The number of nitrogens with one attached hydrogen (secondary N) is 2. The standard InChI is InChI=1S/C21H14F3N3O/c22-21(23,24)14-6-4-5-13(11-14)17-12-26-19(27-15-7-2-1-3-8-15)18-16(17)9-10-25-20(18)28/h1-12H,(H,25,28)(H,26,27). The molecule has 0 saturated heterocycles. The Balaban J connectivity index is 1.90. The van der Waals surface area contributed by atoms with Gasteiger partial charge in [-0.2, -0.15) is 13.2 Å². The monoisotopic (exact) mass is 381 g/mol. The van der Waals surface area contributed by atoms with Crippen LogP contribution in [0.5, 0.6) is 0 Å². The molecule has 4 aromatic rings. The molecule has 4 rings (SSSR count). The maximum absolute atomic E-state index is 13.1. The molecule has 140 valence electrons. The van der Waals surface area contributed by atoms with Crippen molar-refractivity contribution in [3.05, 3.63) is 89.0 Å². The van der Waals surface area contributed by atoms with Crippen LogP contribution in [0.1, 0.15) is 5.56 Å². The van der Waals surface area contributed by atoms with Crippen molar-refractivity contribution in [2.24, 2.45) is 0 Å². The van der Waals surface area contributed by atoms with E-state index in [0.29, 0.717) is 22.3 Å². The highest BCUT2D eigenvalue weighted by Gasteiger charge is 2.30. The van der Waals surface area contributed by atoms with E-state index in [1.165, 1.54) is 18.5 Å². The lowest BCUT2D eigenvalue weighted by molar-refractivity contribution is -0.137. The molecule has 7 heteroatoms. The molecule has 0 bridgehead atoms. The summed E-state index contributed by atoms with van der Waals surface area (Å²) in [5.41, 5.74) is 0.396. The van der Waals surface area contributed by atoms with Crippen LogP contribution in [-0.2, 0) is 6.18 Å². The van der Waals surface area contributed by atoms with Gasteiger partial charge in [-0.1, -0.05) is 30.3 Å². The van der Waals surface area contributed by atoms with Gasteiger partial charge < -0.3 is 10.3 Å². The summed E-state index contributed by atoms with van der Waals surface area (Å²) in [5, 5.41) is 3.88. The van der Waals surface area contributed by atoms with E-state index in [4.69, 9.17) is 0 Å². The second-order valence-electron chi connectivity index (χ2n) is 6.19. The summed E-state index contributed by atoms with van der Waals surface area (Å²) in [6.07, 6.45) is -1.51. The van der Waals surface area contributed by atoms with E-state index in [9.17, 15) is 18.0 Å². The van der Waals surface area contributed by atoms with Crippen molar-refractivity contribution < 1.29 is 13.2 Å². The lowest BCUT2D eigenvalue weighted by Gasteiger charge is -2.13. The zero-order valence-electron chi connectivity index (χ0n) is 14.4. The van der Waals surface area contributed by atoms with Gasteiger partial charge in [-0.25, -0.2) is 4.98 Å². The van der Waals surface area contributed by atoms with Crippen molar-refractivity contribution in [1.29, 1.82) is 0 Å². The molecule has 0 aliphatic heterocycles. The van der Waals surface area contributed by atoms with E-state index in [1.54, 1.807) is 12.1 Å². The number of anilines is 2. The first-order chi connectivity index (χ1) is 13.4. The molecule has 0 unspecified atom stereocenters. The number of nitrogens with zero attached hydrogens (tertiary/aromatic N) is 1. The van der Waals surface area contributed by atoms with Crippen LogP contribution >= 0.6 is 0 Å². The number of alkyl halides is 3. The van der Waals surface area contributed by atoms with Crippen molar-refractivity contribution in [1.82, 2.24) is 9.97 Å². The van der Waals surface area contributed by atoms with Crippen LogP contribution in [0.3, 0.4) is 0 Å². The maximum atomic E-state index is 13.1. The van der Waals surface area contributed by atoms with E-state index < -0.39 is 11.7 Å². The molecular formula is C21H14F3N3O. The smallest absolute Gasteiger partial charge is 0.340 e. The molecule has 0 amide bonds. The molecule has 0 aliphatic carbocycles. The summed E-state index contributed by atoms with van der Waals surface area (Å²) in [4.78, 5) is 19.4. The minimum atomic E-state index is -4.45. The molecule has 2 aromatic carbocycles. The van der Waals surface area contributed by atoms with Gasteiger partial charge in [-0.15, -0.1) is 0 Å². The van der Waals surface area contributed by atoms with Gasteiger partial charge in [-0.3, -0.25) is 4.79 Å². The van der Waals surface area contributed by atoms with Crippen LogP contribution in [0.25, 0.3) is 21.9 Å². The molecule has 2 aromatic heterocycles. The normalized spacial score (nSPS) is 11.5. The summed E-state index contributed by atoms with van der Waals surface area (Å²) < 4.78 is 39.3. The first-order valence-electron chi connectivity index (χ1n) is 8.43. The van der Waals surface area contributed by atoms with Crippen LogP contribution in [0.15, 0.2) is 77.9 Å². The summed E-state index contributed by atoms with van der Waals surface area (Å²) in [7, 11) is 0. The van der Waals surface area contributed by atoms with Crippen molar-refractivity contribution in [2.45, 2.75) is 6.18 Å². The van der Waals surface area contributed by atoms with Crippen molar-refractivity contribution in [3.63, 3.8) is 0 Å².